The predicted molar refractivity (Wildman–Crippen MR) is 53.5 cm³/mol. The SMILES string of the molecule is Cc1cc(C(C)N)c(C)cc1Cl. The molecule has 1 aromatic carbocycles. The number of nitrogens with two attached hydrogens (primary N) is 1. The number of hydrogen-bond acceptors (Lipinski definition) is 1. The molecule has 0 aliphatic carbocycles. The smallest absolute Gasteiger partial charge is 0.0438 e. The molecule has 1 atom stereocenters. The van der Waals surface area contributed by atoms with Crippen molar-refractivity contribution in [3.63, 3.8) is 0 Å². The van der Waals surface area contributed by atoms with Gasteiger partial charge in [-0.1, -0.05) is 17.7 Å². The zero-order chi connectivity index (χ0) is 9.30. The third-order valence-corrected chi connectivity index (χ3v) is 2.45. The van der Waals surface area contributed by atoms with Crippen molar-refractivity contribution in [1.82, 2.24) is 0 Å². The summed E-state index contributed by atoms with van der Waals surface area (Å²) in [6.07, 6.45) is 0. The highest BCUT2D eigenvalue weighted by molar-refractivity contribution is 6.31. The maximum absolute atomic E-state index is 5.95. The van der Waals surface area contributed by atoms with Crippen LogP contribution in [0, 0.1) is 13.8 Å². The van der Waals surface area contributed by atoms with Crippen LogP contribution in [0.25, 0.3) is 0 Å². The van der Waals surface area contributed by atoms with Crippen molar-refractivity contribution in [3.8, 4) is 0 Å². The van der Waals surface area contributed by atoms with Crippen LogP contribution in [0.15, 0.2) is 12.1 Å². The van der Waals surface area contributed by atoms with E-state index in [1.807, 2.05) is 26.8 Å². The number of halogens is 1. The number of rotatable bonds is 1. The van der Waals surface area contributed by atoms with Gasteiger partial charge in [0.1, 0.15) is 0 Å². The highest BCUT2D eigenvalue weighted by Crippen LogP contribution is 2.23. The zero-order valence-corrected chi connectivity index (χ0v) is 8.44. The van der Waals surface area contributed by atoms with Crippen molar-refractivity contribution < 1.29 is 0 Å². The predicted octanol–water partition coefficient (Wildman–Crippen LogP) is 2.98. The number of hydrogen-bond donors (Lipinski definition) is 1. The van der Waals surface area contributed by atoms with E-state index in [2.05, 4.69) is 6.07 Å². The Bertz CT molecular complexity index is 292. The van der Waals surface area contributed by atoms with E-state index in [1.165, 1.54) is 11.1 Å². The quantitative estimate of drug-likeness (QED) is 0.712. The van der Waals surface area contributed by atoms with E-state index in [0.717, 1.165) is 10.6 Å². The summed E-state index contributed by atoms with van der Waals surface area (Å²) in [7, 11) is 0. The molecule has 0 fully saturated rings. The molecule has 0 saturated carbocycles. The van der Waals surface area contributed by atoms with Gasteiger partial charge in [-0.3, -0.25) is 0 Å². The molecule has 1 nitrogen and oxygen atoms in total. The molecule has 66 valence electrons. The lowest BCUT2D eigenvalue weighted by Crippen LogP contribution is -2.07. The molecule has 0 spiro atoms. The van der Waals surface area contributed by atoms with Gasteiger partial charge in [-0.05, 0) is 43.5 Å². The van der Waals surface area contributed by atoms with Crippen LogP contribution in [0.2, 0.25) is 5.02 Å². The molecular weight excluding hydrogens is 170 g/mol. The molecule has 0 aromatic heterocycles. The maximum Gasteiger partial charge on any atom is 0.0438 e. The Labute approximate surface area is 78.5 Å². The standard InChI is InChI=1S/C10H14ClN/c1-6-5-10(11)7(2)4-9(6)8(3)12/h4-5,8H,12H2,1-3H3. The highest BCUT2D eigenvalue weighted by atomic mass is 35.5. The summed E-state index contributed by atoms with van der Waals surface area (Å²) in [4.78, 5) is 0. The number of aryl methyl sites for hydroxylation is 2. The lowest BCUT2D eigenvalue weighted by molar-refractivity contribution is 0.808. The summed E-state index contributed by atoms with van der Waals surface area (Å²) in [5.74, 6) is 0. The third kappa shape index (κ3) is 1.79. The molecule has 0 aliphatic heterocycles. The van der Waals surface area contributed by atoms with Crippen LogP contribution in [-0.2, 0) is 0 Å². The molecular formula is C10H14ClN. The summed E-state index contributed by atoms with van der Waals surface area (Å²) in [5.41, 5.74) is 9.23. The van der Waals surface area contributed by atoms with E-state index in [4.69, 9.17) is 17.3 Å². The highest BCUT2D eigenvalue weighted by Gasteiger charge is 2.05. The Morgan fingerprint density at radius 2 is 1.83 bits per heavy atom. The molecule has 0 amide bonds. The van der Waals surface area contributed by atoms with Gasteiger partial charge in [0.05, 0.1) is 0 Å². The van der Waals surface area contributed by atoms with E-state index in [1.54, 1.807) is 0 Å². The molecule has 0 bridgehead atoms. The molecule has 2 N–H and O–H groups in total. The van der Waals surface area contributed by atoms with Gasteiger partial charge in [0, 0.05) is 11.1 Å². The molecule has 12 heavy (non-hydrogen) atoms. The topological polar surface area (TPSA) is 26.0 Å². The second-order valence-electron chi connectivity index (χ2n) is 3.25. The minimum atomic E-state index is 0.0842. The zero-order valence-electron chi connectivity index (χ0n) is 7.69. The Balaban J connectivity index is 3.23. The van der Waals surface area contributed by atoms with Crippen LogP contribution in [0.1, 0.15) is 29.7 Å². The minimum Gasteiger partial charge on any atom is -0.324 e. The van der Waals surface area contributed by atoms with Crippen LogP contribution < -0.4 is 5.73 Å². The monoisotopic (exact) mass is 183 g/mol. The molecule has 0 aliphatic rings. The van der Waals surface area contributed by atoms with Gasteiger partial charge in [0.2, 0.25) is 0 Å². The first-order valence-corrected chi connectivity index (χ1v) is 4.42. The van der Waals surface area contributed by atoms with Crippen molar-refractivity contribution >= 4 is 11.6 Å². The molecule has 2 heteroatoms. The summed E-state index contributed by atoms with van der Waals surface area (Å²) in [6, 6.07) is 4.11. The van der Waals surface area contributed by atoms with Gasteiger partial charge < -0.3 is 5.73 Å². The molecule has 1 unspecified atom stereocenters. The van der Waals surface area contributed by atoms with Crippen LogP contribution in [-0.4, -0.2) is 0 Å². The van der Waals surface area contributed by atoms with Gasteiger partial charge in [0.15, 0.2) is 0 Å². The second-order valence-corrected chi connectivity index (χ2v) is 3.65. The Kier molecular flexibility index (Phi) is 2.76. The van der Waals surface area contributed by atoms with E-state index in [0.29, 0.717) is 0 Å². The van der Waals surface area contributed by atoms with Gasteiger partial charge in [-0.15, -0.1) is 0 Å². The summed E-state index contributed by atoms with van der Waals surface area (Å²) >= 11 is 5.95. The summed E-state index contributed by atoms with van der Waals surface area (Å²) in [6.45, 7) is 6.01. The van der Waals surface area contributed by atoms with Gasteiger partial charge in [-0.25, -0.2) is 0 Å². The maximum atomic E-state index is 5.95. The fraction of sp³-hybridized carbons (Fsp3) is 0.400. The average molecular weight is 184 g/mol. The first-order chi connectivity index (χ1) is 5.52. The molecule has 0 saturated heterocycles. The minimum absolute atomic E-state index is 0.0842. The van der Waals surface area contributed by atoms with Crippen molar-refractivity contribution in [2.45, 2.75) is 26.8 Å². The molecule has 1 rings (SSSR count). The van der Waals surface area contributed by atoms with E-state index >= 15 is 0 Å². The van der Waals surface area contributed by atoms with Crippen LogP contribution in [0.3, 0.4) is 0 Å². The van der Waals surface area contributed by atoms with E-state index in [9.17, 15) is 0 Å². The van der Waals surface area contributed by atoms with Crippen molar-refractivity contribution in [3.05, 3.63) is 33.8 Å². The van der Waals surface area contributed by atoms with Gasteiger partial charge in [-0.2, -0.15) is 0 Å². The van der Waals surface area contributed by atoms with Crippen LogP contribution >= 0.6 is 11.6 Å². The molecule has 0 radical (unpaired) electrons. The van der Waals surface area contributed by atoms with Crippen molar-refractivity contribution in [2.75, 3.05) is 0 Å². The van der Waals surface area contributed by atoms with Crippen molar-refractivity contribution in [2.24, 2.45) is 5.73 Å². The molecule has 1 aromatic rings. The lowest BCUT2D eigenvalue weighted by Gasteiger charge is -2.11. The largest absolute Gasteiger partial charge is 0.324 e. The van der Waals surface area contributed by atoms with E-state index < -0.39 is 0 Å². The summed E-state index contributed by atoms with van der Waals surface area (Å²) in [5, 5.41) is 0.817. The summed E-state index contributed by atoms with van der Waals surface area (Å²) < 4.78 is 0. The first kappa shape index (κ1) is 9.56. The fourth-order valence-corrected chi connectivity index (χ4v) is 1.51. The van der Waals surface area contributed by atoms with Gasteiger partial charge in [0.25, 0.3) is 0 Å². The van der Waals surface area contributed by atoms with Crippen LogP contribution in [0.5, 0.6) is 0 Å². The first-order valence-electron chi connectivity index (χ1n) is 4.04. The average Bonchev–Trinajstić information content (AvgIpc) is 1.96. The second kappa shape index (κ2) is 3.46. The third-order valence-electron chi connectivity index (χ3n) is 2.04. The van der Waals surface area contributed by atoms with E-state index in [-0.39, 0.29) is 6.04 Å². The Hall–Kier alpha value is -0.530. The van der Waals surface area contributed by atoms with Crippen molar-refractivity contribution in [1.29, 1.82) is 0 Å². The number of benzene rings is 1. The molecule has 0 heterocycles. The van der Waals surface area contributed by atoms with Crippen LogP contribution in [0.4, 0.5) is 0 Å². The Morgan fingerprint density at radius 3 is 2.33 bits per heavy atom. The fourth-order valence-electron chi connectivity index (χ4n) is 1.29. The lowest BCUT2D eigenvalue weighted by atomic mass is 10.0. The normalized spacial score (nSPS) is 13.1. The Morgan fingerprint density at radius 1 is 1.25 bits per heavy atom. The van der Waals surface area contributed by atoms with Gasteiger partial charge >= 0.3 is 0 Å².